The first-order valence-electron chi connectivity index (χ1n) is 21.7. The summed E-state index contributed by atoms with van der Waals surface area (Å²) in [4.78, 5) is 30.3. The second kappa shape index (κ2) is 24.6. The van der Waals surface area contributed by atoms with Crippen molar-refractivity contribution in [3.05, 3.63) is 60.7 Å². The van der Waals surface area contributed by atoms with Gasteiger partial charge in [-0.05, 0) is 106 Å². The summed E-state index contributed by atoms with van der Waals surface area (Å²) in [5.74, 6) is 0.339. The van der Waals surface area contributed by atoms with Crippen LogP contribution in [0.1, 0.15) is 47.5 Å². The lowest BCUT2D eigenvalue weighted by molar-refractivity contribution is -0.114. The molecule has 0 saturated carbocycles. The van der Waals surface area contributed by atoms with E-state index in [1.807, 2.05) is 0 Å². The third-order valence-corrected chi connectivity index (χ3v) is 11.1. The lowest BCUT2D eigenvalue weighted by Gasteiger charge is -2.18. The van der Waals surface area contributed by atoms with E-state index in [-0.39, 0.29) is 46.8 Å². The third-order valence-electron chi connectivity index (χ3n) is 10.2. The summed E-state index contributed by atoms with van der Waals surface area (Å²) in [6.07, 6.45) is 1.86. The zero-order valence-corrected chi connectivity index (χ0v) is 39.0. The number of nitrogens with one attached hydrogen (secondary N) is 4. The molecular formula is C44H60N14O7S. The van der Waals surface area contributed by atoms with Gasteiger partial charge in [0.25, 0.3) is 10.1 Å². The smallest absolute Gasteiger partial charge is 0.296 e. The fraction of sp³-hybridized carbons (Fsp3) is 0.409. The Morgan fingerprint density at radius 3 is 1.95 bits per heavy atom. The second-order valence-electron chi connectivity index (χ2n) is 14.9. The van der Waals surface area contributed by atoms with Crippen molar-refractivity contribution < 1.29 is 32.3 Å². The summed E-state index contributed by atoms with van der Waals surface area (Å²) in [6.45, 7) is 17.5. The van der Waals surface area contributed by atoms with Gasteiger partial charge in [0, 0.05) is 50.0 Å². The minimum Gasteiger partial charge on any atom is -0.505 e. The molecule has 0 atom stereocenters. The average Bonchev–Trinajstić information content (AvgIpc) is 3.29. The minimum atomic E-state index is -4.89. The van der Waals surface area contributed by atoms with Crippen molar-refractivity contribution in [2.45, 2.75) is 52.4 Å². The molecule has 5 aromatic rings. The van der Waals surface area contributed by atoms with Crippen molar-refractivity contribution in [1.29, 1.82) is 0 Å². The topological polar surface area (TPSA) is 279 Å². The van der Waals surface area contributed by atoms with E-state index in [0.717, 1.165) is 58.2 Å². The van der Waals surface area contributed by atoms with Crippen LogP contribution in [-0.2, 0) is 19.6 Å². The number of aromatic hydroxyl groups is 1. The number of carbonyl (C=O) groups is 1. The van der Waals surface area contributed by atoms with E-state index < -0.39 is 32.4 Å². The molecule has 0 bridgehead atoms. The number of methoxy groups -OCH3 is 1. The van der Waals surface area contributed by atoms with Crippen LogP contribution in [-0.4, -0.2) is 121 Å². The van der Waals surface area contributed by atoms with Gasteiger partial charge in [-0.3, -0.25) is 9.35 Å². The Morgan fingerprint density at radius 1 is 0.773 bits per heavy atom. The molecule has 1 amide bonds. The van der Waals surface area contributed by atoms with Gasteiger partial charge in [-0.25, -0.2) is 0 Å². The van der Waals surface area contributed by atoms with Crippen LogP contribution in [0.4, 0.5) is 57.7 Å². The SMILES string of the molecule is CCN(CC)CCCNc1nc(NCCCN(CC)CC)nc(Nc2ccc(N=Nc3cc(OCCOC)c(N=Nc4c(S(=O)(=O)O)cc5ccc(N)cc5c4O)cc3NC(C)=O)cc2)n1. The van der Waals surface area contributed by atoms with Gasteiger partial charge in [0.2, 0.25) is 23.8 Å². The zero-order chi connectivity index (χ0) is 47.6. The average molecular weight is 929 g/mol. The van der Waals surface area contributed by atoms with E-state index in [4.69, 9.17) is 15.2 Å². The molecule has 5 rings (SSSR count). The molecule has 1 heterocycles. The number of phenolic OH excluding ortho intramolecular Hbond substituents is 1. The number of hydrogen-bond donors (Lipinski definition) is 7. The molecule has 0 radical (unpaired) electrons. The number of nitrogens with two attached hydrogens (primary N) is 1. The number of phenols is 1. The van der Waals surface area contributed by atoms with Gasteiger partial charge < -0.3 is 51.4 Å². The van der Waals surface area contributed by atoms with Gasteiger partial charge in [-0.15, -0.1) is 15.3 Å². The molecule has 0 saturated heterocycles. The number of carbonyl (C=O) groups excluding carboxylic acids is 1. The molecule has 0 fully saturated rings. The molecule has 0 aliphatic carbocycles. The van der Waals surface area contributed by atoms with Crippen molar-refractivity contribution in [2.75, 3.05) is 99.7 Å². The molecule has 0 aliphatic rings. The molecule has 22 heteroatoms. The molecule has 0 aliphatic heterocycles. The van der Waals surface area contributed by atoms with Gasteiger partial charge in [-0.1, -0.05) is 33.8 Å². The highest BCUT2D eigenvalue weighted by Gasteiger charge is 2.23. The summed E-state index contributed by atoms with van der Waals surface area (Å²) in [7, 11) is -3.39. The number of anilines is 6. The predicted octanol–water partition coefficient (Wildman–Crippen LogP) is 8.40. The lowest BCUT2D eigenvalue weighted by Crippen LogP contribution is -2.26. The Kier molecular flexibility index (Phi) is 18.8. The van der Waals surface area contributed by atoms with Crippen molar-refractivity contribution >= 4 is 84.5 Å². The highest BCUT2D eigenvalue weighted by atomic mass is 32.2. The molecule has 354 valence electrons. The third kappa shape index (κ3) is 14.7. The number of azo groups is 2. The predicted molar refractivity (Wildman–Crippen MR) is 258 cm³/mol. The van der Waals surface area contributed by atoms with Gasteiger partial charge >= 0.3 is 0 Å². The van der Waals surface area contributed by atoms with E-state index in [2.05, 4.69) is 94.2 Å². The minimum absolute atomic E-state index is 0.00639. The molecule has 0 unspecified atom stereocenters. The van der Waals surface area contributed by atoms with Crippen molar-refractivity contribution in [3.63, 3.8) is 0 Å². The van der Waals surface area contributed by atoms with E-state index in [1.54, 1.807) is 24.3 Å². The Morgan fingerprint density at radius 2 is 1.38 bits per heavy atom. The Bertz CT molecular complexity index is 2530. The van der Waals surface area contributed by atoms with Crippen LogP contribution in [0.15, 0.2) is 86.0 Å². The summed E-state index contributed by atoms with van der Waals surface area (Å²) >= 11 is 0. The Hall–Kier alpha value is -6.59. The number of aromatic nitrogens is 3. The largest absolute Gasteiger partial charge is 0.505 e. The fourth-order valence-electron chi connectivity index (χ4n) is 6.64. The number of nitrogens with zero attached hydrogens (tertiary/aromatic N) is 9. The van der Waals surface area contributed by atoms with Crippen LogP contribution in [0.5, 0.6) is 11.5 Å². The number of fused-ring (bicyclic) bond motifs is 1. The number of hydrogen-bond acceptors (Lipinski definition) is 19. The second-order valence-corrected chi connectivity index (χ2v) is 16.3. The summed E-state index contributed by atoms with van der Waals surface area (Å²) in [5.41, 5.74) is 7.16. The van der Waals surface area contributed by atoms with Crippen LogP contribution in [0.3, 0.4) is 0 Å². The van der Waals surface area contributed by atoms with Crippen LogP contribution >= 0.6 is 0 Å². The summed E-state index contributed by atoms with van der Waals surface area (Å²) in [5, 5.41) is 41.3. The highest BCUT2D eigenvalue weighted by Crippen LogP contribution is 2.44. The first-order chi connectivity index (χ1) is 31.7. The van der Waals surface area contributed by atoms with Gasteiger partial charge in [0.1, 0.15) is 34.3 Å². The maximum absolute atomic E-state index is 12.4. The molecule has 66 heavy (non-hydrogen) atoms. The lowest BCUT2D eigenvalue weighted by atomic mass is 10.1. The molecule has 21 nitrogen and oxygen atoms in total. The monoisotopic (exact) mass is 928 g/mol. The fourth-order valence-corrected chi connectivity index (χ4v) is 7.30. The normalized spacial score (nSPS) is 11.9. The molecule has 4 aromatic carbocycles. The summed E-state index contributed by atoms with van der Waals surface area (Å²) in [6, 6.07) is 15.5. The van der Waals surface area contributed by atoms with Crippen LogP contribution in [0, 0.1) is 0 Å². The molecule has 8 N–H and O–H groups in total. The van der Waals surface area contributed by atoms with Gasteiger partial charge in [0.15, 0.2) is 5.75 Å². The van der Waals surface area contributed by atoms with Crippen LogP contribution < -0.4 is 31.7 Å². The number of benzene rings is 4. The Labute approximate surface area is 385 Å². The zero-order valence-electron chi connectivity index (χ0n) is 38.2. The molecular weight excluding hydrogens is 869 g/mol. The van der Waals surface area contributed by atoms with E-state index in [9.17, 15) is 22.9 Å². The van der Waals surface area contributed by atoms with Crippen molar-refractivity contribution in [2.24, 2.45) is 20.5 Å². The van der Waals surface area contributed by atoms with Crippen molar-refractivity contribution in [1.82, 2.24) is 24.8 Å². The van der Waals surface area contributed by atoms with E-state index >= 15 is 0 Å². The number of amides is 1. The van der Waals surface area contributed by atoms with Gasteiger partial charge in [-0.2, -0.15) is 28.5 Å². The first-order valence-corrected chi connectivity index (χ1v) is 23.2. The first kappa shape index (κ1) is 50.4. The van der Waals surface area contributed by atoms with Gasteiger partial charge in [0.05, 0.1) is 18.0 Å². The van der Waals surface area contributed by atoms with Crippen molar-refractivity contribution in [3.8, 4) is 11.5 Å². The molecule has 0 spiro atoms. The number of nitrogen functional groups attached to an aromatic ring is 1. The van der Waals surface area contributed by atoms with E-state index in [0.29, 0.717) is 48.0 Å². The maximum Gasteiger partial charge on any atom is 0.296 e. The standard InChI is InChI=1S/C44H60N14O7S/c1-7-57(8-2)21-11-19-46-42-50-43(47-20-12-22-58(9-3)10-4)52-44(51-42)49-32-15-17-33(18-16-32)53-54-36-28-38(65-24-23-64-6)37(27-35(36)48-29(5)59)55-56-40-39(66(61,62)63)25-30-13-14-31(45)26-34(30)41(40)60/h13-18,25-28,60H,7-12,19-24,45H2,1-6H3,(H,48,59)(H,61,62,63)(H3,46,47,49,50,51,52). The highest BCUT2D eigenvalue weighted by molar-refractivity contribution is 7.86. The van der Waals surface area contributed by atoms with E-state index in [1.165, 1.54) is 44.4 Å². The molecule has 1 aromatic heterocycles. The Balaban J connectivity index is 1.40. The van der Waals surface area contributed by atoms with Crippen LogP contribution in [0.25, 0.3) is 10.8 Å². The number of rotatable bonds is 26. The van der Waals surface area contributed by atoms with Crippen LogP contribution in [0.2, 0.25) is 0 Å². The summed E-state index contributed by atoms with van der Waals surface area (Å²) < 4.78 is 46.0. The quantitative estimate of drug-likeness (QED) is 0.0119. The number of ether oxygens (including phenoxy) is 2. The maximum atomic E-state index is 12.4.